The number of rotatable bonds is 10. The van der Waals surface area contributed by atoms with Crippen molar-refractivity contribution in [2.45, 2.75) is 91.9 Å². The van der Waals surface area contributed by atoms with E-state index in [9.17, 15) is 40.5 Å². The van der Waals surface area contributed by atoms with E-state index in [-0.39, 0.29) is 18.5 Å². The molecule has 13 atom stereocenters. The maximum atomic E-state index is 12.1. The third-order valence-electron chi connectivity index (χ3n) is 7.86. The van der Waals surface area contributed by atoms with E-state index in [1.807, 2.05) is 0 Å². The smallest absolute Gasteiger partial charge is 0.188 e. The van der Waals surface area contributed by atoms with Crippen molar-refractivity contribution < 1.29 is 59.5 Å². The number of aliphatic hydroxyl groups excluding tert-OH is 6. The van der Waals surface area contributed by atoms with E-state index in [2.05, 4.69) is 10.3 Å². The summed E-state index contributed by atoms with van der Waals surface area (Å²) in [5, 5.41) is 77.2. The number of carbonyl (C=O) groups excluding carboxylic acids is 1. The molecule has 1 saturated carbocycles. The molecule has 16 N–H and O–H groups in total. The Morgan fingerprint density at radius 3 is 2.20 bits per heavy atom. The number of likely N-dealkylation sites (N-methyl/N-ethyl adjacent to an activating group) is 1. The summed E-state index contributed by atoms with van der Waals surface area (Å²) in [5.41, 5.74) is 18.1. The SMILES string of the molecule is CNC1C(O)CC(CO)(CO)O[C@@H]1O[C@@H]1C(O[C@H]2C(O)C(O)[C@H](C=C(N)N)C(O)C2N=C(N)N)O[C@@H](C)C1(O)C=O. The minimum absolute atomic E-state index is 0.157. The molecule has 3 fully saturated rings. The van der Waals surface area contributed by atoms with Crippen LogP contribution >= 0.6 is 0 Å². The lowest BCUT2D eigenvalue weighted by atomic mass is 9.77. The Hall–Kier alpha value is -2.20. The van der Waals surface area contributed by atoms with Gasteiger partial charge in [-0.1, -0.05) is 0 Å². The normalized spacial score (nSPS) is 44.2. The first kappa shape index (κ1) is 33.3. The van der Waals surface area contributed by atoms with Crippen LogP contribution in [0.4, 0.5) is 0 Å². The molecule has 2 aliphatic heterocycles. The molecule has 8 unspecified atom stereocenters. The highest BCUT2D eigenvalue weighted by Gasteiger charge is 2.60. The molecule has 18 heteroatoms. The molecule has 3 rings (SSSR count). The zero-order valence-corrected chi connectivity index (χ0v) is 22.6. The van der Waals surface area contributed by atoms with Crippen LogP contribution in [0.15, 0.2) is 16.9 Å². The lowest BCUT2D eigenvalue weighted by Crippen LogP contribution is -2.65. The molecule has 0 spiro atoms. The van der Waals surface area contributed by atoms with E-state index in [0.717, 1.165) is 6.08 Å². The van der Waals surface area contributed by atoms with Crippen molar-refractivity contribution in [1.82, 2.24) is 5.32 Å². The second-order valence-corrected chi connectivity index (χ2v) is 10.6. The lowest BCUT2D eigenvalue weighted by molar-refractivity contribution is -0.324. The molecule has 0 aromatic carbocycles. The van der Waals surface area contributed by atoms with Crippen LogP contribution in [0.5, 0.6) is 0 Å². The highest BCUT2D eigenvalue weighted by molar-refractivity contribution is 5.76. The maximum Gasteiger partial charge on any atom is 0.188 e. The monoisotopic (exact) mass is 594 g/mol. The van der Waals surface area contributed by atoms with Crippen LogP contribution in [-0.2, 0) is 23.7 Å². The van der Waals surface area contributed by atoms with Crippen molar-refractivity contribution >= 4 is 12.2 Å². The summed E-state index contributed by atoms with van der Waals surface area (Å²) >= 11 is 0. The third-order valence-corrected chi connectivity index (χ3v) is 7.86. The Labute approximate surface area is 235 Å². The number of nitrogens with one attached hydrogen (secondary N) is 1. The van der Waals surface area contributed by atoms with Gasteiger partial charge in [0.25, 0.3) is 0 Å². The number of aliphatic hydroxyl groups is 7. The van der Waals surface area contributed by atoms with Crippen LogP contribution in [0.1, 0.15) is 13.3 Å². The summed E-state index contributed by atoms with van der Waals surface area (Å²) in [7, 11) is 1.48. The summed E-state index contributed by atoms with van der Waals surface area (Å²) in [6.45, 7) is -0.0513. The molecule has 3 aliphatic rings. The first-order chi connectivity index (χ1) is 19.2. The van der Waals surface area contributed by atoms with Gasteiger partial charge in [-0.05, 0) is 20.0 Å². The molecule has 1 aliphatic carbocycles. The number of ether oxygens (including phenoxy) is 4. The predicted molar refractivity (Wildman–Crippen MR) is 138 cm³/mol. The molecule has 2 heterocycles. The summed E-state index contributed by atoms with van der Waals surface area (Å²) in [6, 6.07) is -2.40. The Bertz CT molecular complexity index is 963. The fourth-order valence-electron chi connectivity index (χ4n) is 5.47. The average molecular weight is 595 g/mol. The number of carbonyl (C=O) groups is 1. The molecule has 0 radical (unpaired) electrons. The number of aliphatic imine (C=N–C) groups is 1. The quantitative estimate of drug-likeness (QED) is 0.0634. The van der Waals surface area contributed by atoms with Crippen molar-refractivity contribution in [1.29, 1.82) is 0 Å². The van der Waals surface area contributed by atoms with Gasteiger partial charge in [0.15, 0.2) is 30.4 Å². The molecule has 0 amide bonds. The number of guanidine groups is 1. The van der Waals surface area contributed by atoms with E-state index in [4.69, 9.17) is 41.9 Å². The standard InChI is InChI=1S/C23H42N6O12/c1-8-23(37,7-32)18(40-19-12(28-2)10(33)4-22(5-30,6-31)41-19)20(38-8)39-17-13(29-21(26)27)14(34)9(3-11(24)25)15(35)16(17)36/h3,7-10,12-20,28,30-31,33-37H,4-6,24-25H2,1-2H3,(H4,26,27,29)/t8-,9+,10?,12?,13?,14?,15?,16?,17+,18+,19-,20?,23?/m0/s1. The highest BCUT2D eigenvalue weighted by Crippen LogP contribution is 2.40. The van der Waals surface area contributed by atoms with Crippen molar-refractivity contribution in [3.05, 3.63) is 11.9 Å². The van der Waals surface area contributed by atoms with E-state index >= 15 is 0 Å². The van der Waals surface area contributed by atoms with Gasteiger partial charge in [0.2, 0.25) is 0 Å². The summed E-state index contributed by atoms with van der Waals surface area (Å²) in [5.74, 6) is -1.97. The van der Waals surface area contributed by atoms with Crippen LogP contribution in [0.2, 0.25) is 0 Å². The van der Waals surface area contributed by atoms with E-state index in [1.54, 1.807) is 0 Å². The minimum Gasteiger partial charge on any atom is -0.393 e. The Morgan fingerprint density at radius 1 is 1.05 bits per heavy atom. The van der Waals surface area contributed by atoms with Gasteiger partial charge in [-0.25, -0.2) is 4.99 Å². The predicted octanol–water partition coefficient (Wildman–Crippen LogP) is -7.04. The second kappa shape index (κ2) is 13.0. The van der Waals surface area contributed by atoms with Crippen molar-refractivity contribution in [2.75, 3.05) is 20.3 Å². The number of aldehydes is 1. The Balaban J connectivity index is 1.99. The van der Waals surface area contributed by atoms with Gasteiger partial charge in [0.05, 0.1) is 49.5 Å². The molecule has 0 bridgehead atoms. The third kappa shape index (κ3) is 6.43. The van der Waals surface area contributed by atoms with E-state index < -0.39 is 104 Å². The largest absolute Gasteiger partial charge is 0.393 e. The zero-order valence-electron chi connectivity index (χ0n) is 22.6. The van der Waals surface area contributed by atoms with Crippen LogP contribution in [-0.4, -0.2) is 147 Å². The molecule has 41 heavy (non-hydrogen) atoms. The van der Waals surface area contributed by atoms with Crippen LogP contribution < -0.4 is 28.3 Å². The van der Waals surface area contributed by atoms with E-state index in [1.165, 1.54) is 14.0 Å². The van der Waals surface area contributed by atoms with Gasteiger partial charge in [0, 0.05) is 12.3 Å². The van der Waals surface area contributed by atoms with Gasteiger partial charge in [0.1, 0.15) is 30.0 Å². The minimum atomic E-state index is -2.38. The van der Waals surface area contributed by atoms with Crippen molar-refractivity contribution in [3.8, 4) is 0 Å². The zero-order chi connectivity index (χ0) is 30.9. The first-order valence-electron chi connectivity index (χ1n) is 12.9. The van der Waals surface area contributed by atoms with Crippen LogP contribution in [0.3, 0.4) is 0 Å². The van der Waals surface area contributed by atoms with E-state index in [0.29, 0.717) is 0 Å². The summed E-state index contributed by atoms with van der Waals surface area (Å²) < 4.78 is 23.4. The molecule has 2 saturated heterocycles. The van der Waals surface area contributed by atoms with Gasteiger partial charge in [-0.3, -0.25) is 4.79 Å². The summed E-state index contributed by atoms with van der Waals surface area (Å²) in [4.78, 5) is 16.1. The highest BCUT2D eigenvalue weighted by atomic mass is 16.8. The fourth-order valence-corrected chi connectivity index (χ4v) is 5.47. The van der Waals surface area contributed by atoms with Crippen molar-refractivity contribution in [2.24, 2.45) is 33.8 Å². The molecular weight excluding hydrogens is 552 g/mol. The van der Waals surface area contributed by atoms with Gasteiger partial charge in [-0.2, -0.15) is 0 Å². The number of hydrogen-bond acceptors (Lipinski definition) is 16. The first-order valence-corrected chi connectivity index (χ1v) is 12.9. The molecule has 0 aromatic heterocycles. The molecule has 0 aromatic rings. The average Bonchev–Trinajstić information content (AvgIpc) is 3.15. The number of nitrogens with two attached hydrogens (primary N) is 4. The number of nitrogens with zero attached hydrogens (tertiary/aromatic N) is 1. The van der Waals surface area contributed by atoms with Crippen LogP contribution in [0, 0.1) is 5.92 Å². The fraction of sp³-hybridized carbons (Fsp3) is 0.826. The number of hydrogen-bond donors (Lipinski definition) is 12. The van der Waals surface area contributed by atoms with Gasteiger partial charge in [-0.15, -0.1) is 0 Å². The lowest BCUT2D eigenvalue weighted by Gasteiger charge is -2.47. The Morgan fingerprint density at radius 2 is 1.68 bits per heavy atom. The second-order valence-electron chi connectivity index (χ2n) is 10.6. The Kier molecular flexibility index (Phi) is 10.5. The van der Waals surface area contributed by atoms with Crippen LogP contribution in [0.25, 0.3) is 0 Å². The van der Waals surface area contributed by atoms with Gasteiger partial charge >= 0.3 is 0 Å². The summed E-state index contributed by atoms with van der Waals surface area (Å²) in [6.07, 6.45) is -12.9. The molecule has 18 nitrogen and oxygen atoms in total. The van der Waals surface area contributed by atoms with Crippen molar-refractivity contribution in [3.63, 3.8) is 0 Å². The topological polar surface area (TPSA) is 324 Å². The maximum absolute atomic E-state index is 12.1. The van der Waals surface area contributed by atoms with Gasteiger partial charge < -0.3 is 82.9 Å². The molecular formula is C23H42N6O12. The molecule has 236 valence electrons.